The van der Waals surface area contributed by atoms with Crippen LogP contribution < -0.4 is 5.32 Å². The lowest BCUT2D eigenvalue weighted by Gasteiger charge is -2.17. The normalized spacial score (nSPS) is 11.5. The van der Waals surface area contributed by atoms with Crippen LogP contribution in [0.4, 0.5) is 11.4 Å². The van der Waals surface area contributed by atoms with Crippen LogP contribution in [0.2, 0.25) is 0 Å². The molecule has 1 amide bonds. The van der Waals surface area contributed by atoms with Gasteiger partial charge >= 0.3 is 5.97 Å². The van der Waals surface area contributed by atoms with Crippen LogP contribution in [0.25, 0.3) is 0 Å². The van der Waals surface area contributed by atoms with Crippen molar-refractivity contribution in [1.29, 1.82) is 0 Å². The van der Waals surface area contributed by atoms with Crippen molar-refractivity contribution in [3.05, 3.63) is 69.3 Å². The van der Waals surface area contributed by atoms with Gasteiger partial charge in [0.1, 0.15) is 5.56 Å². The number of rotatable bonds is 7. The molecule has 1 atom stereocenters. The molecule has 7 nitrogen and oxygen atoms in total. The van der Waals surface area contributed by atoms with Gasteiger partial charge in [-0.2, -0.15) is 0 Å². The minimum absolute atomic E-state index is 0.189. The van der Waals surface area contributed by atoms with Crippen molar-refractivity contribution < 1.29 is 19.2 Å². The molecular formula is C20H22N2O5. The van der Waals surface area contributed by atoms with Gasteiger partial charge in [0.25, 0.3) is 11.6 Å². The van der Waals surface area contributed by atoms with Gasteiger partial charge in [-0.1, -0.05) is 44.2 Å². The average molecular weight is 370 g/mol. The molecule has 0 bridgehead atoms. The summed E-state index contributed by atoms with van der Waals surface area (Å²) in [5.41, 5.74) is 2.14. The average Bonchev–Trinajstić information content (AvgIpc) is 2.67. The Morgan fingerprint density at radius 1 is 1.07 bits per heavy atom. The van der Waals surface area contributed by atoms with Gasteiger partial charge in [-0.15, -0.1) is 0 Å². The number of para-hydroxylation sites is 2. The van der Waals surface area contributed by atoms with Crippen molar-refractivity contribution >= 4 is 23.3 Å². The largest absolute Gasteiger partial charge is 0.449 e. The third kappa shape index (κ3) is 4.69. The lowest BCUT2D eigenvalue weighted by Crippen LogP contribution is -2.31. The van der Waals surface area contributed by atoms with Crippen molar-refractivity contribution in [1.82, 2.24) is 0 Å². The summed E-state index contributed by atoms with van der Waals surface area (Å²) in [5, 5.41) is 13.9. The van der Waals surface area contributed by atoms with Gasteiger partial charge in [0.15, 0.2) is 6.10 Å². The van der Waals surface area contributed by atoms with Crippen molar-refractivity contribution in [2.24, 2.45) is 0 Å². The maximum Gasteiger partial charge on any atom is 0.345 e. The van der Waals surface area contributed by atoms with Crippen LogP contribution in [0.15, 0.2) is 42.5 Å². The predicted octanol–water partition coefficient (Wildman–Crippen LogP) is 3.90. The zero-order chi connectivity index (χ0) is 20.0. The van der Waals surface area contributed by atoms with E-state index in [1.165, 1.54) is 31.2 Å². The van der Waals surface area contributed by atoms with Crippen LogP contribution in [-0.4, -0.2) is 22.9 Å². The number of hydrogen-bond acceptors (Lipinski definition) is 5. The number of carbonyl (C=O) groups is 2. The van der Waals surface area contributed by atoms with Crippen LogP contribution in [0.1, 0.15) is 42.3 Å². The molecule has 0 aliphatic carbocycles. The number of benzene rings is 2. The smallest absolute Gasteiger partial charge is 0.345 e. The predicted molar refractivity (Wildman–Crippen MR) is 102 cm³/mol. The fourth-order valence-corrected chi connectivity index (χ4v) is 2.71. The summed E-state index contributed by atoms with van der Waals surface area (Å²) in [6.45, 7) is 5.41. The van der Waals surface area contributed by atoms with Crippen molar-refractivity contribution in [3.63, 3.8) is 0 Å². The van der Waals surface area contributed by atoms with Crippen LogP contribution in [0.5, 0.6) is 0 Å². The summed E-state index contributed by atoms with van der Waals surface area (Å²) in [5.74, 6) is -1.40. The first-order chi connectivity index (χ1) is 12.9. The third-order valence-electron chi connectivity index (χ3n) is 4.22. The van der Waals surface area contributed by atoms with Gasteiger partial charge < -0.3 is 10.1 Å². The molecule has 0 saturated carbocycles. The quantitative estimate of drug-likeness (QED) is 0.453. The van der Waals surface area contributed by atoms with Crippen LogP contribution in [0, 0.1) is 10.1 Å². The number of esters is 1. The van der Waals surface area contributed by atoms with Crippen LogP contribution >= 0.6 is 0 Å². The van der Waals surface area contributed by atoms with Gasteiger partial charge in [-0.05, 0) is 37.0 Å². The van der Waals surface area contributed by atoms with E-state index in [-0.39, 0.29) is 11.3 Å². The fourth-order valence-electron chi connectivity index (χ4n) is 2.71. The standard InChI is InChI=1S/C20H22N2O5/c1-4-14-9-8-10-15(5-2)18(14)21-19(23)13(3)27-20(24)16-11-6-7-12-17(16)22(25)26/h6-13H,4-5H2,1-3H3,(H,21,23)/t13-/m1/s1. The Morgan fingerprint density at radius 2 is 1.67 bits per heavy atom. The Bertz CT molecular complexity index is 841. The maximum atomic E-state index is 12.5. The maximum absolute atomic E-state index is 12.5. The Morgan fingerprint density at radius 3 is 2.22 bits per heavy atom. The van der Waals surface area contributed by atoms with E-state index in [1.807, 2.05) is 32.0 Å². The Kier molecular flexibility index (Phi) is 6.65. The molecule has 0 heterocycles. The van der Waals surface area contributed by atoms with Gasteiger partial charge in [0.05, 0.1) is 4.92 Å². The molecule has 7 heteroatoms. The highest BCUT2D eigenvalue weighted by molar-refractivity contribution is 5.99. The summed E-state index contributed by atoms with van der Waals surface area (Å²) in [7, 11) is 0. The van der Waals surface area contributed by atoms with E-state index in [4.69, 9.17) is 4.74 Å². The van der Waals surface area contributed by atoms with E-state index in [0.29, 0.717) is 0 Å². The second-order valence-electron chi connectivity index (χ2n) is 5.97. The minimum atomic E-state index is -1.10. The van der Waals surface area contributed by atoms with Crippen LogP contribution in [-0.2, 0) is 22.4 Å². The molecule has 0 spiro atoms. The first-order valence-corrected chi connectivity index (χ1v) is 8.75. The van der Waals surface area contributed by atoms with Gasteiger partial charge in [-0.25, -0.2) is 4.79 Å². The highest BCUT2D eigenvalue weighted by Crippen LogP contribution is 2.23. The Hall–Kier alpha value is -3.22. The van der Waals surface area contributed by atoms with Crippen LogP contribution in [0.3, 0.4) is 0 Å². The molecule has 0 aliphatic heterocycles. The molecule has 0 fully saturated rings. The van der Waals surface area contributed by atoms with E-state index >= 15 is 0 Å². The first-order valence-electron chi connectivity index (χ1n) is 8.75. The van der Waals surface area contributed by atoms with E-state index in [2.05, 4.69) is 5.32 Å². The number of aryl methyl sites for hydroxylation is 2. The molecule has 0 unspecified atom stereocenters. The zero-order valence-corrected chi connectivity index (χ0v) is 15.5. The lowest BCUT2D eigenvalue weighted by atomic mass is 10.0. The highest BCUT2D eigenvalue weighted by Gasteiger charge is 2.25. The number of ether oxygens (including phenoxy) is 1. The van der Waals surface area contributed by atoms with Gasteiger partial charge in [0, 0.05) is 11.8 Å². The molecular weight excluding hydrogens is 348 g/mol. The van der Waals surface area contributed by atoms with E-state index in [1.54, 1.807) is 0 Å². The number of nitrogens with one attached hydrogen (secondary N) is 1. The molecule has 0 aromatic heterocycles. The molecule has 2 aromatic rings. The summed E-state index contributed by atoms with van der Waals surface area (Å²) in [4.78, 5) is 35.2. The Balaban J connectivity index is 2.16. The zero-order valence-electron chi connectivity index (χ0n) is 15.5. The summed E-state index contributed by atoms with van der Waals surface area (Å²) in [6.07, 6.45) is 0.383. The number of nitro groups is 1. The molecule has 2 rings (SSSR count). The first kappa shape index (κ1) is 20.1. The van der Waals surface area contributed by atoms with Crippen molar-refractivity contribution in [3.8, 4) is 0 Å². The monoisotopic (exact) mass is 370 g/mol. The number of hydrogen-bond donors (Lipinski definition) is 1. The minimum Gasteiger partial charge on any atom is -0.449 e. The highest BCUT2D eigenvalue weighted by atomic mass is 16.6. The van der Waals surface area contributed by atoms with E-state index in [9.17, 15) is 19.7 Å². The molecule has 0 aliphatic rings. The topological polar surface area (TPSA) is 98.5 Å². The molecule has 27 heavy (non-hydrogen) atoms. The van der Waals surface area contributed by atoms with Gasteiger partial charge in [-0.3, -0.25) is 14.9 Å². The number of nitro benzene ring substituents is 1. The van der Waals surface area contributed by atoms with E-state index < -0.39 is 22.9 Å². The molecule has 0 saturated heterocycles. The van der Waals surface area contributed by atoms with Crippen molar-refractivity contribution in [2.45, 2.75) is 39.7 Å². The van der Waals surface area contributed by atoms with Gasteiger partial charge in [0.2, 0.25) is 0 Å². The number of carbonyl (C=O) groups excluding carboxylic acids is 2. The third-order valence-corrected chi connectivity index (χ3v) is 4.22. The summed E-state index contributed by atoms with van der Waals surface area (Å²) < 4.78 is 5.15. The molecule has 1 N–H and O–H groups in total. The summed E-state index contributed by atoms with van der Waals surface area (Å²) >= 11 is 0. The molecule has 2 aromatic carbocycles. The summed E-state index contributed by atoms with van der Waals surface area (Å²) in [6, 6.07) is 11.3. The second kappa shape index (κ2) is 8.93. The second-order valence-corrected chi connectivity index (χ2v) is 5.97. The number of nitrogens with zero attached hydrogens (tertiary/aromatic N) is 1. The fraction of sp³-hybridized carbons (Fsp3) is 0.300. The molecule has 0 radical (unpaired) electrons. The van der Waals surface area contributed by atoms with E-state index in [0.717, 1.165) is 29.7 Å². The number of anilines is 1. The van der Waals surface area contributed by atoms with Crippen molar-refractivity contribution in [2.75, 3.05) is 5.32 Å². The molecule has 142 valence electrons. The number of amides is 1. The Labute approximate surface area is 157 Å². The SMILES string of the molecule is CCc1cccc(CC)c1NC(=O)[C@@H](C)OC(=O)c1ccccc1[N+](=O)[O-]. The lowest BCUT2D eigenvalue weighted by molar-refractivity contribution is -0.385.